The van der Waals surface area contributed by atoms with Crippen molar-refractivity contribution in [3.05, 3.63) is 30.1 Å². The molecule has 20 heavy (non-hydrogen) atoms. The van der Waals surface area contributed by atoms with E-state index in [-0.39, 0.29) is 17.8 Å². The van der Waals surface area contributed by atoms with E-state index in [1.54, 1.807) is 20.8 Å². The average molecular weight is 283 g/mol. The molecule has 0 aromatic heterocycles. The number of nitrogens with one attached hydrogen (secondary N) is 1. The zero-order valence-electron chi connectivity index (χ0n) is 12.3. The summed E-state index contributed by atoms with van der Waals surface area (Å²) in [5.74, 6) is -0.213. The predicted molar refractivity (Wildman–Crippen MR) is 75.0 cm³/mol. The quantitative estimate of drug-likeness (QED) is 0.842. The largest absolute Gasteiger partial charge is 0.478 e. The van der Waals surface area contributed by atoms with Crippen molar-refractivity contribution in [2.45, 2.75) is 51.9 Å². The molecule has 0 aliphatic carbocycles. The lowest BCUT2D eigenvalue weighted by Crippen LogP contribution is -2.49. The van der Waals surface area contributed by atoms with E-state index in [9.17, 15) is 14.3 Å². The average Bonchev–Trinajstić information content (AvgIpc) is 2.30. The van der Waals surface area contributed by atoms with E-state index in [4.69, 9.17) is 4.74 Å². The van der Waals surface area contributed by atoms with Crippen molar-refractivity contribution in [2.75, 3.05) is 0 Å². The van der Waals surface area contributed by atoms with Crippen LogP contribution in [-0.2, 0) is 4.79 Å². The lowest BCUT2D eigenvalue weighted by molar-refractivity contribution is -0.135. The van der Waals surface area contributed by atoms with E-state index in [2.05, 4.69) is 5.32 Å². The Balaban J connectivity index is 2.62. The molecule has 4 nitrogen and oxygen atoms in total. The Morgan fingerprint density at radius 3 is 2.40 bits per heavy atom. The van der Waals surface area contributed by atoms with Gasteiger partial charge in [0.1, 0.15) is 11.6 Å². The number of ether oxygens (including phenoxy) is 1. The molecule has 0 radical (unpaired) electrons. The molecule has 0 aliphatic heterocycles. The van der Waals surface area contributed by atoms with Gasteiger partial charge in [-0.05, 0) is 58.4 Å². The van der Waals surface area contributed by atoms with Gasteiger partial charge in [-0.2, -0.15) is 0 Å². The van der Waals surface area contributed by atoms with E-state index in [1.807, 2.05) is 6.92 Å². The first-order valence-corrected chi connectivity index (χ1v) is 6.64. The number of benzene rings is 1. The van der Waals surface area contributed by atoms with Gasteiger partial charge in [-0.15, -0.1) is 0 Å². The second-order valence-electron chi connectivity index (χ2n) is 5.53. The zero-order valence-corrected chi connectivity index (χ0v) is 12.3. The Labute approximate surface area is 119 Å². The van der Waals surface area contributed by atoms with E-state index >= 15 is 0 Å². The molecule has 0 aliphatic rings. The fourth-order valence-electron chi connectivity index (χ4n) is 1.81. The molecule has 1 aromatic carbocycles. The van der Waals surface area contributed by atoms with Gasteiger partial charge in [0.2, 0.25) is 0 Å². The van der Waals surface area contributed by atoms with Gasteiger partial charge in [-0.1, -0.05) is 0 Å². The SMILES string of the molecule is CC(O)CC(C)NC(=O)C(C)(C)Oc1ccc(F)cc1. The molecule has 2 N–H and O–H groups in total. The van der Waals surface area contributed by atoms with Gasteiger partial charge < -0.3 is 15.2 Å². The van der Waals surface area contributed by atoms with Crippen LogP contribution in [0.25, 0.3) is 0 Å². The molecule has 0 fully saturated rings. The highest BCUT2D eigenvalue weighted by molar-refractivity contribution is 5.84. The van der Waals surface area contributed by atoms with Crippen LogP contribution in [0.5, 0.6) is 5.75 Å². The first-order valence-electron chi connectivity index (χ1n) is 6.64. The van der Waals surface area contributed by atoms with Crippen LogP contribution >= 0.6 is 0 Å². The third kappa shape index (κ3) is 5.17. The topological polar surface area (TPSA) is 58.6 Å². The summed E-state index contributed by atoms with van der Waals surface area (Å²) in [7, 11) is 0. The minimum Gasteiger partial charge on any atom is -0.478 e. The van der Waals surface area contributed by atoms with Crippen molar-refractivity contribution in [3.8, 4) is 5.75 Å². The molecule has 0 saturated heterocycles. The van der Waals surface area contributed by atoms with Crippen LogP contribution in [0, 0.1) is 5.82 Å². The molecular weight excluding hydrogens is 261 g/mol. The normalized spacial score (nSPS) is 14.5. The Bertz CT molecular complexity index is 443. The number of carbonyl (C=O) groups is 1. The molecule has 1 rings (SSSR count). The van der Waals surface area contributed by atoms with Crippen LogP contribution in [0.2, 0.25) is 0 Å². The molecule has 5 heteroatoms. The number of halogens is 1. The van der Waals surface area contributed by atoms with Crippen molar-refractivity contribution in [1.82, 2.24) is 5.32 Å². The molecule has 0 bridgehead atoms. The minimum atomic E-state index is -1.08. The summed E-state index contributed by atoms with van der Waals surface area (Å²) in [6.45, 7) is 6.77. The summed E-state index contributed by atoms with van der Waals surface area (Å²) < 4.78 is 18.4. The van der Waals surface area contributed by atoms with Crippen LogP contribution in [0.3, 0.4) is 0 Å². The highest BCUT2D eigenvalue weighted by Gasteiger charge is 2.31. The first kappa shape index (κ1) is 16.4. The number of rotatable bonds is 6. The highest BCUT2D eigenvalue weighted by Crippen LogP contribution is 2.19. The number of aliphatic hydroxyl groups is 1. The second-order valence-corrected chi connectivity index (χ2v) is 5.53. The summed E-state index contributed by atoms with van der Waals surface area (Å²) >= 11 is 0. The van der Waals surface area contributed by atoms with E-state index in [0.29, 0.717) is 12.2 Å². The standard InChI is InChI=1S/C15H22FNO3/c1-10(9-11(2)18)17-14(19)15(3,4)20-13-7-5-12(16)6-8-13/h5-8,10-11,18H,9H2,1-4H3,(H,17,19). The molecule has 112 valence electrons. The van der Waals surface area contributed by atoms with E-state index < -0.39 is 11.7 Å². The smallest absolute Gasteiger partial charge is 0.263 e. The number of hydrogen-bond donors (Lipinski definition) is 2. The Hall–Kier alpha value is -1.62. The fourth-order valence-corrected chi connectivity index (χ4v) is 1.81. The lowest BCUT2D eigenvalue weighted by atomic mass is 10.1. The predicted octanol–water partition coefficient (Wildman–Crippen LogP) is 2.26. The van der Waals surface area contributed by atoms with Crippen LogP contribution in [-0.4, -0.2) is 28.8 Å². The van der Waals surface area contributed by atoms with Crippen LogP contribution in [0.4, 0.5) is 4.39 Å². The van der Waals surface area contributed by atoms with Gasteiger partial charge in [-0.25, -0.2) is 4.39 Å². The zero-order chi connectivity index (χ0) is 15.3. The summed E-state index contributed by atoms with van der Waals surface area (Å²) in [4.78, 5) is 12.1. The maximum atomic E-state index is 12.8. The molecule has 2 unspecified atom stereocenters. The third-order valence-corrected chi connectivity index (χ3v) is 2.81. The van der Waals surface area contributed by atoms with Crippen LogP contribution in [0.1, 0.15) is 34.1 Å². The van der Waals surface area contributed by atoms with Gasteiger partial charge in [0.25, 0.3) is 5.91 Å². The lowest BCUT2D eigenvalue weighted by Gasteiger charge is -2.27. The number of amides is 1. The van der Waals surface area contributed by atoms with Gasteiger partial charge >= 0.3 is 0 Å². The molecule has 0 spiro atoms. The van der Waals surface area contributed by atoms with Gasteiger partial charge in [0.15, 0.2) is 5.60 Å². The van der Waals surface area contributed by atoms with E-state index in [1.165, 1.54) is 24.3 Å². The molecule has 2 atom stereocenters. The number of hydrogen-bond acceptors (Lipinski definition) is 3. The van der Waals surface area contributed by atoms with Gasteiger partial charge in [0, 0.05) is 6.04 Å². The van der Waals surface area contributed by atoms with Gasteiger partial charge in [0.05, 0.1) is 6.10 Å². The monoisotopic (exact) mass is 283 g/mol. The molecule has 1 amide bonds. The molecule has 0 heterocycles. The van der Waals surface area contributed by atoms with Crippen molar-refractivity contribution in [1.29, 1.82) is 0 Å². The summed E-state index contributed by atoms with van der Waals surface area (Å²) in [5, 5.41) is 12.1. The summed E-state index contributed by atoms with van der Waals surface area (Å²) in [6.07, 6.45) is -0.00955. The van der Waals surface area contributed by atoms with Gasteiger partial charge in [-0.3, -0.25) is 4.79 Å². The minimum absolute atomic E-state index is 0.154. The molecule has 1 aromatic rings. The number of aliphatic hydroxyl groups excluding tert-OH is 1. The molecule has 0 saturated carbocycles. The highest BCUT2D eigenvalue weighted by atomic mass is 19.1. The summed E-state index contributed by atoms with van der Waals surface area (Å²) in [5.41, 5.74) is -1.08. The molecular formula is C15H22FNO3. The summed E-state index contributed by atoms with van der Waals surface area (Å²) in [6, 6.07) is 5.35. The van der Waals surface area contributed by atoms with Crippen LogP contribution < -0.4 is 10.1 Å². The second kappa shape index (κ2) is 6.70. The van der Waals surface area contributed by atoms with Crippen molar-refractivity contribution >= 4 is 5.91 Å². The third-order valence-electron chi connectivity index (χ3n) is 2.81. The van der Waals surface area contributed by atoms with Crippen molar-refractivity contribution < 1.29 is 19.0 Å². The van der Waals surface area contributed by atoms with E-state index in [0.717, 1.165) is 0 Å². The Morgan fingerprint density at radius 2 is 1.90 bits per heavy atom. The maximum Gasteiger partial charge on any atom is 0.263 e. The van der Waals surface area contributed by atoms with Crippen molar-refractivity contribution in [2.24, 2.45) is 0 Å². The number of carbonyl (C=O) groups excluding carboxylic acids is 1. The Morgan fingerprint density at radius 1 is 1.35 bits per heavy atom. The first-order chi connectivity index (χ1) is 9.20. The fraction of sp³-hybridized carbons (Fsp3) is 0.533. The van der Waals surface area contributed by atoms with Crippen LogP contribution in [0.15, 0.2) is 24.3 Å². The Kier molecular flexibility index (Phi) is 5.51. The van der Waals surface area contributed by atoms with Crippen molar-refractivity contribution in [3.63, 3.8) is 0 Å². The maximum absolute atomic E-state index is 12.8.